The van der Waals surface area contributed by atoms with Crippen molar-refractivity contribution in [1.82, 2.24) is 9.38 Å². The van der Waals surface area contributed by atoms with Gasteiger partial charge in [0.2, 0.25) is 0 Å². The van der Waals surface area contributed by atoms with Gasteiger partial charge in [-0.15, -0.1) is 0 Å². The van der Waals surface area contributed by atoms with Crippen LogP contribution in [0.4, 0.5) is 18.9 Å². The van der Waals surface area contributed by atoms with Crippen molar-refractivity contribution < 1.29 is 27.4 Å². The number of methoxy groups -OCH3 is 1. The third kappa shape index (κ3) is 5.68. The topological polar surface area (TPSA) is 64.9 Å². The molecule has 35 heavy (non-hydrogen) atoms. The highest BCUT2D eigenvalue weighted by Crippen LogP contribution is 2.33. The fourth-order valence-electron chi connectivity index (χ4n) is 3.63. The number of aryl methyl sites for hydroxylation is 1. The first-order valence-corrected chi connectivity index (χ1v) is 11.0. The first kappa shape index (κ1) is 24.4. The summed E-state index contributed by atoms with van der Waals surface area (Å²) >= 11 is 6.05. The van der Waals surface area contributed by atoms with E-state index in [-0.39, 0.29) is 6.54 Å². The SMILES string of the molecule is COC(=O)c1ccc(-c2cnc3c(NCCC(F)(F)F)cc(Oc4cccc(Cl)c4)cn23)cc1C. The van der Waals surface area contributed by atoms with Gasteiger partial charge in [-0.3, -0.25) is 4.40 Å². The number of hydrogen-bond acceptors (Lipinski definition) is 5. The number of imidazole rings is 1. The molecule has 0 spiro atoms. The Morgan fingerprint density at radius 1 is 1.14 bits per heavy atom. The highest BCUT2D eigenvalue weighted by Gasteiger charge is 2.26. The number of ether oxygens (including phenoxy) is 2. The minimum atomic E-state index is -4.29. The van der Waals surface area contributed by atoms with Crippen LogP contribution in [0, 0.1) is 6.92 Å². The lowest BCUT2D eigenvalue weighted by molar-refractivity contribution is -0.131. The van der Waals surface area contributed by atoms with Crippen LogP contribution < -0.4 is 10.1 Å². The molecule has 4 rings (SSSR count). The molecule has 10 heteroatoms. The lowest BCUT2D eigenvalue weighted by Gasteiger charge is -2.14. The van der Waals surface area contributed by atoms with Crippen LogP contribution in [0.1, 0.15) is 22.3 Å². The first-order valence-electron chi connectivity index (χ1n) is 10.6. The molecule has 0 saturated heterocycles. The monoisotopic (exact) mass is 503 g/mol. The second-order valence-corrected chi connectivity index (χ2v) is 8.24. The van der Waals surface area contributed by atoms with Crippen LogP contribution in [0.25, 0.3) is 16.9 Å². The maximum Gasteiger partial charge on any atom is 0.390 e. The van der Waals surface area contributed by atoms with Crippen LogP contribution in [0.5, 0.6) is 11.5 Å². The highest BCUT2D eigenvalue weighted by molar-refractivity contribution is 6.30. The van der Waals surface area contributed by atoms with Crippen molar-refractivity contribution in [2.24, 2.45) is 0 Å². The summed E-state index contributed by atoms with van der Waals surface area (Å²) < 4.78 is 50.7. The van der Waals surface area contributed by atoms with Gasteiger partial charge in [0.25, 0.3) is 0 Å². The first-order chi connectivity index (χ1) is 16.6. The number of pyridine rings is 1. The van der Waals surface area contributed by atoms with Crippen LogP contribution in [-0.2, 0) is 4.74 Å². The number of benzene rings is 2. The lowest BCUT2D eigenvalue weighted by atomic mass is 10.0. The molecule has 0 atom stereocenters. The van der Waals surface area contributed by atoms with Crippen molar-refractivity contribution >= 4 is 28.9 Å². The Labute approximate surface area is 204 Å². The molecule has 0 saturated carbocycles. The van der Waals surface area contributed by atoms with E-state index in [1.807, 2.05) is 6.07 Å². The summed E-state index contributed by atoms with van der Waals surface area (Å²) in [5, 5.41) is 3.30. The molecule has 0 unspecified atom stereocenters. The van der Waals surface area contributed by atoms with E-state index in [1.165, 1.54) is 7.11 Å². The van der Waals surface area contributed by atoms with E-state index in [4.69, 9.17) is 21.1 Å². The van der Waals surface area contributed by atoms with E-state index < -0.39 is 18.6 Å². The molecule has 0 amide bonds. The summed E-state index contributed by atoms with van der Waals surface area (Å²) in [6.45, 7) is 1.46. The standard InChI is InChI=1S/C25H21ClF3N3O3/c1-15-10-16(6-7-20(15)24(33)34-2)22-13-31-23-21(30-9-8-25(27,28)29)12-19(14-32(22)23)35-18-5-3-4-17(26)11-18/h3-7,10-14,30H,8-9H2,1-2H3. The van der Waals surface area contributed by atoms with Gasteiger partial charge in [0, 0.05) is 23.2 Å². The van der Waals surface area contributed by atoms with Crippen molar-refractivity contribution in [3.63, 3.8) is 0 Å². The number of anilines is 1. The quantitative estimate of drug-likeness (QED) is 0.278. The molecule has 2 aromatic heterocycles. The van der Waals surface area contributed by atoms with Gasteiger partial charge in [0.1, 0.15) is 11.5 Å². The van der Waals surface area contributed by atoms with Gasteiger partial charge in [0.15, 0.2) is 5.65 Å². The minimum Gasteiger partial charge on any atom is -0.465 e. The van der Waals surface area contributed by atoms with Gasteiger partial charge in [-0.2, -0.15) is 13.2 Å². The number of alkyl halides is 3. The molecule has 2 heterocycles. The molecular weight excluding hydrogens is 483 g/mol. The molecule has 2 aromatic carbocycles. The Kier molecular flexibility index (Phi) is 6.88. The molecule has 6 nitrogen and oxygen atoms in total. The average molecular weight is 504 g/mol. The molecule has 0 aliphatic heterocycles. The number of nitrogens with one attached hydrogen (secondary N) is 1. The van der Waals surface area contributed by atoms with Gasteiger partial charge in [0.05, 0.1) is 42.9 Å². The molecular formula is C25H21ClF3N3O3. The Balaban J connectivity index is 1.77. The molecule has 1 N–H and O–H groups in total. The molecule has 0 fully saturated rings. The largest absolute Gasteiger partial charge is 0.465 e. The van der Waals surface area contributed by atoms with E-state index in [0.717, 1.165) is 5.56 Å². The summed E-state index contributed by atoms with van der Waals surface area (Å²) in [5.74, 6) is 0.398. The second-order valence-electron chi connectivity index (χ2n) is 7.80. The van der Waals surface area contributed by atoms with Crippen molar-refractivity contribution in [1.29, 1.82) is 0 Å². The Bertz CT molecular complexity index is 1390. The Morgan fingerprint density at radius 2 is 1.94 bits per heavy atom. The normalized spacial score (nSPS) is 11.5. The summed E-state index contributed by atoms with van der Waals surface area (Å²) in [4.78, 5) is 16.4. The lowest BCUT2D eigenvalue weighted by Crippen LogP contribution is -2.15. The van der Waals surface area contributed by atoms with Gasteiger partial charge < -0.3 is 14.8 Å². The number of carbonyl (C=O) groups excluding carboxylic acids is 1. The van der Waals surface area contributed by atoms with Crippen molar-refractivity contribution in [3.05, 3.63) is 77.1 Å². The zero-order valence-electron chi connectivity index (χ0n) is 18.8. The Hall–Kier alpha value is -3.72. The molecule has 0 aliphatic rings. The number of carbonyl (C=O) groups is 1. The van der Waals surface area contributed by atoms with Crippen LogP contribution in [-0.4, -0.2) is 35.2 Å². The number of fused-ring (bicyclic) bond motifs is 1. The molecule has 0 bridgehead atoms. The Morgan fingerprint density at radius 3 is 2.63 bits per heavy atom. The smallest absolute Gasteiger partial charge is 0.390 e. The number of nitrogens with zero attached hydrogens (tertiary/aromatic N) is 2. The zero-order valence-corrected chi connectivity index (χ0v) is 19.6. The maximum absolute atomic E-state index is 12.7. The van der Waals surface area contributed by atoms with Gasteiger partial charge in [-0.05, 0) is 42.8 Å². The molecule has 0 aliphatic carbocycles. The summed E-state index contributed by atoms with van der Waals surface area (Å²) in [6, 6.07) is 13.6. The van der Waals surface area contributed by atoms with Gasteiger partial charge in [-0.25, -0.2) is 9.78 Å². The number of esters is 1. The van der Waals surface area contributed by atoms with Gasteiger partial charge >= 0.3 is 12.1 Å². The molecule has 0 radical (unpaired) electrons. The predicted molar refractivity (Wildman–Crippen MR) is 127 cm³/mol. The summed E-state index contributed by atoms with van der Waals surface area (Å²) in [7, 11) is 1.31. The minimum absolute atomic E-state index is 0.324. The fraction of sp³-hybridized carbons (Fsp3) is 0.200. The predicted octanol–water partition coefficient (Wildman–Crippen LogP) is 6.91. The third-order valence-corrected chi connectivity index (χ3v) is 5.50. The van der Waals surface area contributed by atoms with Gasteiger partial charge in [-0.1, -0.05) is 23.7 Å². The zero-order chi connectivity index (χ0) is 25.2. The van der Waals surface area contributed by atoms with E-state index >= 15 is 0 Å². The van der Waals surface area contributed by atoms with Crippen LogP contribution in [0.2, 0.25) is 5.02 Å². The summed E-state index contributed by atoms with van der Waals surface area (Å²) in [6.07, 6.45) is -1.99. The second kappa shape index (κ2) is 9.87. The van der Waals surface area contributed by atoms with Crippen LogP contribution in [0.3, 0.4) is 0 Å². The fourth-order valence-corrected chi connectivity index (χ4v) is 3.81. The number of halogens is 4. The van der Waals surface area contributed by atoms with E-state index in [2.05, 4.69) is 10.3 Å². The molecule has 182 valence electrons. The van der Waals surface area contributed by atoms with E-state index in [0.29, 0.717) is 44.7 Å². The average Bonchev–Trinajstić information content (AvgIpc) is 3.22. The van der Waals surface area contributed by atoms with Crippen molar-refractivity contribution in [3.8, 4) is 22.8 Å². The number of hydrogen-bond donors (Lipinski definition) is 1. The van der Waals surface area contributed by atoms with Crippen LogP contribution >= 0.6 is 11.6 Å². The van der Waals surface area contributed by atoms with E-state index in [1.54, 1.807) is 66.2 Å². The maximum atomic E-state index is 12.7. The number of aromatic nitrogens is 2. The number of rotatable bonds is 7. The van der Waals surface area contributed by atoms with Crippen molar-refractivity contribution in [2.75, 3.05) is 19.0 Å². The van der Waals surface area contributed by atoms with Crippen LogP contribution in [0.15, 0.2) is 60.9 Å². The highest BCUT2D eigenvalue weighted by atomic mass is 35.5. The molecule has 4 aromatic rings. The third-order valence-electron chi connectivity index (χ3n) is 5.26. The van der Waals surface area contributed by atoms with Crippen molar-refractivity contribution in [2.45, 2.75) is 19.5 Å². The van der Waals surface area contributed by atoms with E-state index in [9.17, 15) is 18.0 Å². The summed E-state index contributed by atoms with van der Waals surface area (Å²) in [5.41, 5.74) is 3.36.